The fourth-order valence-electron chi connectivity index (χ4n) is 1.72. The van der Waals surface area contributed by atoms with Crippen molar-refractivity contribution >= 4 is 10.0 Å². The number of aromatic nitrogens is 2. The molecule has 0 spiro atoms. The molecular formula is C12H24N4O2S. The molecule has 0 aliphatic heterocycles. The molecule has 0 unspecified atom stereocenters. The molecule has 0 aliphatic rings. The highest BCUT2D eigenvalue weighted by molar-refractivity contribution is 7.89. The Morgan fingerprint density at radius 3 is 2.74 bits per heavy atom. The van der Waals surface area contributed by atoms with Crippen LogP contribution in [0.3, 0.4) is 0 Å². The number of rotatable bonds is 10. The third-order valence-corrected chi connectivity index (χ3v) is 4.21. The number of sulfonamides is 1. The summed E-state index contributed by atoms with van der Waals surface area (Å²) in [6, 6.07) is 1.89. The molecule has 110 valence electrons. The summed E-state index contributed by atoms with van der Waals surface area (Å²) in [6.45, 7) is 4.25. The minimum atomic E-state index is -3.14. The summed E-state index contributed by atoms with van der Waals surface area (Å²) in [4.78, 5) is 0. The highest BCUT2D eigenvalue weighted by Gasteiger charge is 2.09. The Labute approximate surface area is 115 Å². The van der Waals surface area contributed by atoms with E-state index in [1.54, 1.807) is 4.68 Å². The van der Waals surface area contributed by atoms with Gasteiger partial charge in [0.2, 0.25) is 10.0 Å². The molecule has 1 aromatic heterocycles. The third-order valence-electron chi connectivity index (χ3n) is 2.74. The van der Waals surface area contributed by atoms with E-state index in [0.29, 0.717) is 19.4 Å². The molecule has 7 heteroatoms. The molecular weight excluding hydrogens is 264 g/mol. The number of hydrogen-bond donors (Lipinski definition) is 2. The number of hydrogen-bond acceptors (Lipinski definition) is 4. The molecule has 0 radical (unpaired) electrons. The molecule has 19 heavy (non-hydrogen) atoms. The van der Waals surface area contributed by atoms with Crippen LogP contribution in [0.2, 0.25) is 0 Å². The van der Waals surface area contributed by atoms with Gasteiger partial charge in [0.05, 0.1) is 11.4 Å². The fourth-order valence-corrected chi connectivity index (χ4v) is 2.86. The second-order valence-electron chi connectivity index (χ2n) is 4.50. The summed E-state index contributed by atoms with van der Waals surface area (Å²) < 4.78 is 27.7. The standard InChI is InChI=1S/C12H24N4O2S/c1-3-13-8-4-5-11-19(17,18)14-9-6-12-7-10-16(2)15-12/h7,10,13-14H,3-6,8-9,11H2,1-2H3. The van der Waals surface area contributed by atoms with Crippen molar-refractivity contribution in [3.63, 3.8) is 0 Å². The van der Waals surface area contributed by atoms with Crippen LogP contribution in [0.1, 0.15) is 25.5 Å². The van der Waals surface area contributed by atoms with Crippen molar-refractivity contribution in [2.45, 2.75) is 26.2 Å². The normalized spacial score (nSPS) is 11.9. The summed E-state index contributed by atoms with van der Waals surface area (Å²) in [5.41, 5.74) is 0.900. The first-order valence-electron chi connectivity index (χ1n) is 6.70. The van der Waals surface area contributed by atoms with Crippen LogP contribution < -0.4 is 10.0 Å². The molecule has 0 saturated carbocycles. The van der Waals surface area contributed by atoms with Gasteiger partial charge in [-0.2, -0.15) is 5.10 Å². The molecule has 6 nitrogen and oxygen atoms in total. The van der Waals surface area contributed by atoms with Gasteiger partial charge in [0.15, 0.2) is 0 Å². The van der Waals surface area contributed by atoms with Gasteiger partial charge in [0.25, 0.3) is 0 Å². The van der Waals surface area contributed by atoms with Gasteiger partial charge in [0, 0.05) is 26.2 Å². The van der Waals surface area contributed by atoms with E-state index in [4.69, 9.17) is 0 Å². The summed E-state index contributed by atoms with van der Waals surface area (Å²) in [5.74, 6) is 0.195. The van der Waals surface area contributed by atoms with E-state index in [9.17, 15) is 8.42 Å². The SMILES string of the molecule is CCNCCCCS(=O)(=O)NCCc1ccn(C)n1. The van der Waals surface area contributed by atoms with Gasteiger partial charge in [-0.25, -0.2) is 13.1 Å². The number of unbranched alkanes of at least 4 members (excludes halogenated alkanes) is 1. The van der Waals surface area contributed by atoms with E-state index in [-0.39, 0.29) is 5.75 Å². The third kappa shape index (κ3) is 7.29. The van der Waals surface area contributed by atoms with Crippen molar-refractivity contribution in [1.29, 1.82) is 0 Å². The minimum Gasteiger partial charge on any atom is -0.317 e. The Morgan fingerprint density at radius 2 is 2.11 bits per heavy atom. The summed E-state index contributed by atoms with van der Waals surface area (Å²) >= 11 is 0. The quantitative estimate of drug-likeness (QED) is 0.606. The highest BCUT2D eigenvalue weighted by Crippen LogP contribution is 1.97. The molecule has 0 saturated heterocycles. The molecule has 1 rings (SSSR count). The average Bonchev–Trinajstić information content (AvgIpc) is 2.74. The largest absolute Gasteiger partial charge is 0.317 e. The van der Waals surface area contributed by atoms with Gasteiger partial charge in [-0.05, 0) is 32.0 Å². The summed E-state index contributed by atoms with van der Waals surface area (Å²) in [7, 11) is -1.30. The predicted molar refractivity (Wildman–Crippen MR) is 76.5 cm³/mol. The first-order chi connectivity index (χ1) is 9.03. The molecule has 0 aliphatic carbocycles. The van der Waals surface area contributed by atoms with Crippen molar-refractivity contribution in [3.8, 4) is 0 Å². The Morgan fingerprint density at radius 1 is 1.32 bits per heavy atom. The zero-order valence-electron chi connectivity index (χ0n) is 11.7. The lowest BCUT2D eigenvalue weighted by Crippen LogP contribution is -2.29. The van der Waals surface area contributed by atoms with Crippen LogP contribution in [-0.2, 0) is 23.5 Å². The Kier molecular flexibility index (Phi) is 7.04. The summed E-state index contributed by atoms with van der Waals surface area (Å²) in [5, 5.41) is 7.38. The molecule has 1 aromatic rings. The Balaban J connectivity index is 2.16. The maximum atomic E-state index is 11.7. The lowest BCUT2D eigenvalue weighted by molar-refractivity contribution is 0.574. The maximum Gasteiger partial charge on any atom is 0.211 e. The van der Waals surface area contributed by atoms with Gasteiger partial charge in [-0.3, -0.25) is 4.68 Å². The van der Waals surface area contributed by atoms with Crippen molar-refractivity contribution in [3.05, 3.63) is 18.0 Å². The lowest BCUT2D eigenvalue weighted by atomic mass is 10.3. The van der Waals surface area contributed by atoms with Crippen molar-refractivity contribution in [2.75, 3.05) is 25.4 Å². The van der Waals surface area contributed by atoms with Gasteiger partial charge in [-0.15, -0.1) is 0 Å². The van der Waals surface area contributed by atoms with E-state index in [1.807, 2.05) is 26.2 Å². The van der Waals surface area contributed by atoms with Crippen molar-refractivity contribution in [1.82, 2.24) is 19.8 Å². The van der Waals surface area contributed by atoms with Crippen molar-refractivity contribution < 1.29 is 8.42 Å². The topological polar surface area (TPSA) is 76.0 Å². The number of nitrogens with one attached hydrogen (secondary N) is 2. The van der Waals surface area contributed by atoms with Crippen LogP contribution in [0.4, 0.5) is 0 Å². The molecule has 0 atom stereocenters. The van der Waals surface area contributed by atoms with E-state index >= 15 is 0 Å². The van der Waals surface area contributed by atoms with Crippen LogP contribution in [-0.4, -0.2) is 43.6 Å². The number of nitrogens with zero attached hydrogens (tertiary/aromatic N) is 2. The summed E-state index contributed by atoms with van der Waals surface area (Å²) in [6.07, 6.45) is 4.04. The van der Waals surface area contributed by atoms with Crippen LogP contribution in [0, 0.1) is 0 Å². The van der Waals surface area contributed by atoms with E-state index < -0.39 is 10.0 Å². The average molecular weight is 288 g/mol. The molecule has 0 fully saturated rings. The molecule has 1 heterocycles. The lowest BCUT2D eigenvalue weighted by Gasteiger charge is -2.06. The molecule has 0 aromatic carbocycles. The predicted octanol–water partition coefficient (Wildman–Crippen LogP) is 0.272. The molecule has 0 amide bonds. The van der Waals surface area contributed by atoms with E-state index in [0.717, 1.165) is 25.2 Å². The van der Waals surface area contributed by atoms with Crippen LogP contribution >= 0.6 is 0 Å². The van der Waals surface area contributed by atoms with Crippen LogP contribution in [0.5, 0.6) is 0 Å². The second-order valence-corrected chi connectivity index (χ2v) is 6.43. The van der Waals surface area contributed by atoms with Crippen molar-refractivity contribution in [2.24, 2.45) is 7.05 Å². The van der Waals surface area contributed by atoms with Gasteiger partial charge >= 0.3 is 0 Å². The fraction of sp³-hybridized carbons (Fsp3) is 0.750. The van der Waals surface area contributed by atoms with E-state index in [1.165, 1.54) is 0 Å². The van der Waals surface area contributed by atoms with Gasteiger partial charge < -0.3 is 5.32 Å². The molecule has 0 bridgehead atoms. The number of aryl methyl sites for hydroxylation is 1. The van der Waals surface area contributed by atoms with E-state index in [2.05, 4.69) is 15.1 Å². The second kappa shape index (κ2) is 8.29. The van der Waals surface area contributed by atoms with Gasteiger partial charge in [-0.1, -0.05) is 6.92 Å². The van der Waals surface area contributed by atoms with Crippen LogP contribution in [0.25, 0.3) is 0 Å². The van der Waals surface area contributed by atoms with Crippen LogP contribution in [0.15, 0.2) is 12.3 Å². The maximum absolute atomic E-state index is 11.7. The zero-order valence-corrected chi connectivity index (χ0v) is 12.5. The highest BCUT2D eigenvalue weighted by atomic mass is 32.2. The Bertz CT molecular complexity index is 456. The first kappa shape index (κ1) is 16.1. The minimum absolute atomic E-state index is 0.195. The smallest absolute Gasteiger partial charge is 0.211 e. The first-order valence-corrected chi connectivity index (χ1v) is 8.35. The molecule has 2 N–H and O–H groups in total. The Hall–Kier alpha value is -0.920. The monoisotopic (exact) mass is 288 g/mol. The zero-order chi connectivity index (χ0) is 14.1. The van der Waals surface area contributed by atoms with Gasteiger partial charge in [0.1, 0.15) is 0 Å².